The Morgan fingerprint density at radius 2 is 2.00 bits per heavy atom. The van der Waals surface area contributed by atoms with Crippen molar-refractivity contribution >= 4 is 11.6 Å². The van der Waals surface area contributed by atoms with Crippen LogP contribution in [0.25, 0.3) is 0 Å². The number of benzene rings is 1. The number of nitrogens with two attached hydrogens (primary N) is 1. The summed E-state index contributed by atoms with van der Waals surface area (Å²) in [5.74, 6) is 0. The summed E-state index contributed by atoms with van der Waals surface area (Å²) in [4.78, 5) is 2.53. The molecule has 2 unspecified atom stereocenters. The molecule has 1 fully saturated rings. The maximum absolute atomic E-state index is 6.35. The van der Waals surface area contributed by atoms with E-state index in [-0.39, 0.29) is 6.04 Å². The zero-order valence-electron chi connectivity index (χ0n) is 11.1. The minimum Gasteiger partial charge on any atom is -0.326 e. The molecule has 0 radical (unpaired) electrons. The molecule has 0 aliphatic carbocycles. The Morgan fingerprint density at radius 3 is 2.61 bits per heavy atom. The van der Waals surface area contributed by atoms with Gasteiger partial charge < -0.3 is 5.73 Å². The first-order valence-corrected chi connectivity index (χ1v) is 7.35. The van der Waals surface area contributed by atoms with Crippen molar-refractivity contribution in [3.05, 3.63) is 34.9 Å². The lowest BCUT2D eigenvalue weighted by atomic mass is 9.94. The molecule has 2 nitrogen and oxygen atoms in total. The monoisotopic (exact) mass is 266 g/mol. The Hall–Kier alpha value is -0.570. The maximum Gasteiger partial charge on any atom is 0.0499 e. The highest BCUT2D eigenvalue weighted by Gasteiger charge is 2.26. The first kappa shape index (κ1) is 13.9. The lowest BCUT2D eigenvalue weighted by Crippen LogP contribution is -2.43. The Balaban J connectivity index is 2.23. The summed E-state index contributed by atoms with van der Waals surface area (Å²) in [7, 11) is 0. The average Bonchev–Trinajstić information content (AvgIpc) is 2.40. The van der Waals surface area contributed by atoms with Crippen LogP contribution >= 0.6 is 11.6 Å². The lowest BCUT2D eigenvalue weighted by molar-refractivity contribution is 0.140. The second kappa shape index (κ2) is 6.55. The molecule has 0 saturated carbocycles. The van der Waals surface area contributed by atoms with Crippen LogP contribution in [-0.4, -0.2) is 24.0 Å². The van der Waals surface area contributed by atoms with Crippen molar-refractivity contribution in [1.29, 1.82) is 0 Å². The molecule has 1 saturated heterocycles. The van der Waals surface area contributed by atoms with E-state index in [0.29, 0.717) is 6.04 Å². The SMILES string of the molecule is CCC(N)C(c1cccc(Cl)c1)N1CCCCC1. The van der Waals surface area contributed by atoms with Crippen LogP contribution in [0.2, 0.25) is 5.02 Å². The van der Waals surface area contributed by atoms with Crippen molar-refractivity contribution in [1.82, 2.24) is 4.90 Å². The van der Waals surface area contributed by atoms with Gasteiger partial charge in [0, 0.05) is 17.1 Å². The van der Waals surface area contributed by atoms with Crippen molar-refractivity contribution in [3.63, 3.8) is 0 Å². The molecule has 1 aromatic carbocycles. The van der Waals surface area contributed by atoms with Crippen LogP contribution in [0.1, 0.15) is 44.2 Å². The van der Waals surface area contributed by atoms with E-state index in [1.54, 1.807) is 0 Å². The topological polar surface area (TPSA) is 29.3 Å². The standard InChI is InChI=1S/C15H23ClN2/c1-2-14(17)15(18-9-4-3-5-10-18)12-7-6-8-13(16)11-12/h6-8,11,14-15H,2-5,9-10,17H2,1H3. The van der Waals surface area contributed by atoms with Gasteiger partial charge in [0.05, 0.1) is 0 Å². The van der Waals surface area contributed by atoms with Gasteiger partial charge in [-0.1, -0.05) is 37.1 Å². The van der Waals surface area contributed by atoms with Crippen LogP contribution in [0.5, 0.6) is 0 Å². The lowest BCUT2D eigenvalue weighted by Gasteiger charge is -2.38. The first-order valence-electron chi connectivity index (χ1n) is 6.97. The van der Waals surface area contributed by atoms with Crippen LogP contribution in [0, 0.1) is 0 Å². The Bertz CT molecular complexity index is 375. The predicted molar refractivity (Wildman–Crippen MR) is 77.9 cm³/mol. The minimum absolute atomic E-state index is 0.182. The summed E-state index contributed by atoms with van der Waals surface area (Å²) in [6, 6.07) is 8.67. The van der Waals surface area contributed by atoms with Crippen LogP contribution in [-0.2, 0) is 0 Å². The fourth-order valence-electron chi connectivity index (χ4n) is 2.84. The van der Waals surface area contributed by atoms with E-state index in [1.807, 2.05) is 12.1 Å². The molecule has 3 heteroatoms. The van der Waals surface area contributed by atoms with Crippen LogP contribution in [0.15, 0.2) is 24.3 Å². The highest BCUT2D eigenvalue weighted by molar-refractivity contribution is 6.30. The van der Waals surface area contributed by atoms with Gasteiger partial charge in [-0.25, -0.2) is 0 Å². The normalized spacial score (nSPS) is 20.6. The van der Waals surface area contributed by atoms with Gasteiger partial charge in [-0.05, 0) is 50.0 Å². The summed E-state index contributed by atoms with van der Waals surface area (Å²) in [6.07, 6.45) is 4.91. The molecule has 0 bridgehead atoms. The summed E-state index contributed by atoms with van der Waals surface area (Å²) >= 11 is 6.12. The Morgan fingerprint density at radius 1 is 1.28 bits per heavy atom. The fourth-order valence-corrected chi connectivity index (χ4v) is 3.04. The van der Waals surface area contributed by atoms with Gasteiger partial charge in [0.2, 0.25) is 0 Å². The number of halogens is 1. The van der Waals surface area contributed by atoms with E-state index in [0.717, 1.165) is 24.5 Å². The van der Waals surface area contributed by atoms with Crippen molar-refractivity contribution in [2.75, 3.05) is 13.1 Å². The van der Waals surface area contributed by atoms with Gasteiger partial charge in [-0.3, -0.25) is 4.90 Å². The van der Waals surface area contributed by atoms with E-state index in [4.69, 9.17) is 17.3 Å². The molecule has 100 valence electrons. The van der Waals surface area contributed by atoms with Crippen LogP contribution < -0.4 is 5.73 Å². The van der Waals surface area contributed by atoms with E-state index >= 15 is 0 Å². The summed E-state index contributed by atoms with van der Waals surface area (Å²) < 4.78 is 0. The summed E-state index contributed by atoms with van der Waals surface area (Å²) in [5, 5.41) is 0.804. The molecule has 0 amide bonds. The zero-order chi connectivity index (χ0) is 13.0. The Labute approximate surface area is 115 Å². The van der Waals surface area contributed by atoms with Crippen molar-refractivity contribution < 1.29 is 0 Å². The highest BCUT2D eigenvalue weighted by atomic mass is 35.5. The van der Waals surface area contributed by atoms with E-state index in [1.165, 1.54) is 24.8 Å². The maximum atomic E-state index is 6.35. The number of rotatable bonds is 4. The number of piperidine rings is 1. The number of likely N-dealkylation sites (tertiary alicyclic amines) is 1. The van der Waals surface area contributed by atoms with Crippen molar-refractivity contribution in [3.8, 4) is 0 Å². The highest BCUT2D eigenvalue weighted by Crippen LogP contribution is 2.29. The number of hydrogen-bond acceptors (Lipinski definition) is 2. The third-order valence-electron chi connectivity index (χ3n) is 3.85. The van der Waals surface area contributed by atoms with Crippen LogP contribution in [0.3, 0.4) is 0 Å². The third-order valence-corrected chi connectivity index (χ3v) is 4.09. The third kappa shape index (κ3) is 3.25. The van der Waals surface area contributed by atoms with Crippen LogP contribution in [0.4, 0.5) is 0 Å². The largest absolute Gasteiger partial charge is 0.326 e. The molecular weight excluding hydrogens is 244 g/mol. The first-order chi connectivity index (χ1) is 8.72. The molecule has 2 rings (SSSR count). The molecule has 2 N–H and O–H groups in total. The van der Waals surface area contributed by atoms with Gasteiger partial charge in [0.15, 0.2) is 0 Å². The zero-order valence-corrected chi connectivity index (χ0v) is 11.9. The minimum atomic E-state index is 0.182. The average molecular weight is 267 g/mol. The van der Waals surface area contributed by atoms with Gasteiger partial charge in [0.1, 0.15) is 0 Å². The molecule has 1 aromatic rings. The van der Waals surface area contributed by atoms with Gasteiger partial charge in [0.25, 0.3) is 0 Å². The van der Waals surface area contributed by atoms with Gasteiger partial charge >= 0.3 is 0 Å². The number of hydrogen-bond donors (Lipinski definition) is 1. The molecule has 1 heterocycles. The molecule has 18 heavy (non-hydrogen) atoms. The molecule has 1 aliphatic rings. The molecule has 0 aromatic heterocycles. The predicted octanol–water partition coefficient (Wildman–Crippen LogP) is 3.60. The van der Waals surface area contributed by atoms with E-state index in [9.17, 15) is 0 Å². The number of nitrogens with zero attached hydrogens (tertiary/aromatic N) is 1. The quantitative estimate of drug-likeness (QED) is 0.902. The van der Waals surface area contributed by atoms with E-state index in [2.05, 4.69) is 24.0 Å². The molecular formula is C15H23ClN2. The second-order valence-electron chi connectivity index (χ2n) is 5.17. The van der Waals surface area contributed by atoms with E-state index < -0.39 is 0 Å². The van der Waals surface area contributed by atoms with Crippen molar-refractivity contribution in [2.45, 2.75) is 44.7 Å². The van der Waals surface area contributed by atoms with Gasteiger partial charge in [-0.15, -0.1) is 0 Å². The molecule has 1 aliphatic heterocycles. The second-order valence-corrected chi connectivity index (χ2v) is 5.61. The Kier molecular flexibility index (Phi) is 5.04. The summed E-state index contributed by atoms with van der Waals surface area (Å²) in [5.41, 5.74) is 7.61. The fraction of sp³-hybridized carbons (Fsp3) is 0.600. The van der Waals surface area contributed by atoms with Gasteiger partial charge in [-0.2, -0.15) is 0 Å². The smallest absolute Gasteiger partial charge is 0.0499 e. The summed E-state index contributed by atoms with van der Waals surface area (Å²) in [6.45, 7) is 4.47. The molecule has 2 atom stereocenters. The molecule has 0 spiro atoms. The van der Waals surface area contributed by atoms with Crippen molar-refractivity contribution in [2.24, 2.45) is 5.73 Å².